The molecule has 0 saturated carbocycles. The quantitative estimate of drug-likeness (QED) is 0.673. The summed E-state index contributed by atoms with van der Waals surface area (Å²) in [6, 6.07) is -0.751. The van der Waals surface area contributed by atoms with E-state index < -0.39 is 30.1 Å². The van der Waals surface area contributed by atoms with Crippen LogP contribution in [0.25, 0.3) is 0 Å². The van der Waals surface area contributed by atoms with Crippen LogP contribution in [0, 0.1) is 5.92 Å². The van der Waals surface area contributed by atoms with Gasteiger partial charge in [-0.3, -0.25) is 10.1 Å². The molecule has 4 atom stereocenters. The molecule has 0 aromatic rings. The fourth-order valence-corrected chi connectivity index (χ4v) is 2.29. The van der Waals surface area contributed by atoms with Crippen LogP contribution in [0.2, 0.25) is 0 Å². The van der Waals surface area contributed by atoms with E-state index in [1.165, 1.54) is 0 Å². The minimum atomic E-state index is -0.997. The number of aliphatic hydroxyl groups is 1. The second kappa shape index (κ2) is 7.78. The molecule has 1 aliphatic heterocycles. The molecular weight excluding hydrogens is 288 g/mol. The summed E-state index contributed by atoms with van der Waals surface area (Å²) < 4.78 is 10.6. The van der Waals surface area contributed by atoms with Crippen molar-refractivity contribution >= 4 is 12.1 Å². The molecule has 1 rings (SSSR count). The smallest absolute Gasteiger partial charge is 0.408 e. The third-order valence-electron chi connectivity index (χ3n) is 3.31. The van der Waals surface area contributed by atoms with Gasteiger partial charge in [0.25, 0.3) is 0 Å². The summed E-state index contributed by atoms with van der Waals surface area (Å²) in [4.78, 5) is 23.7. The standard InChI is InChI=1S/C15H28N2O5/c1-6-7-10(18)21-12-9(2)8-16-13(19)11(12)17-14(20)22-15(3,4)5/h9,11-13,16,19H,6-8H2,1-5H3,(H,17,20)/t9-,11-,12?,13?/m0/s1. The van der Waals surface area contributed by atoms with Crippen molar-refractivity contribution in [3.63, 3.8) is 0 Å². The van der Waals surface area contributed by atoms with Crippen LogP contribution in [0.5, 0.6) is 0 Å². The Labute approximate surface area is 131 Å². The molecule has 22 heavy (non-hydrogen) atoms. The van der Waals surface area contributed by atoms with Gasteiger partial charge in [0.1, 0.15) is 24.0 Å². The van der Waals surface area contributed by atoms with Gasteiger partial charge in [-0.25, -0.2) is 4.79 Å². The molecule has 0 bridgehead atoms. The van der Waals surface area contributed by atoms with E-state index >= 15 is 0 Å². The van der Waals surface area contributed by atoms with Crippen LogP contribution in [0.15, 0.2) is 0 Å². The average Bonchev–Trinajstić information content (AvgIpc) is 2.36. The lowest BCUT2D eigenvalue weighted by Crippen LogP contribution is -2.64. The molecule has 1 aliphatic rings. The summed E-state index contributed by atoms with van der Waals surface area (Å²) in [5, 5.41) is 15.6. The molecule has 3 N–H and O–H groups in total. The van der Waals surface area contributed by atoms with Crippen LogP contribution in [-0.4, -0.2) is 47.7 Å². The van der Waals surface area contributed by atoms with Gasteiger partial charge in [0.15, 0.2) is 0 Å². The van der Waals surface area contributed by atoms with E-state index in [1.807, 2.05) is 13.8 Å². The molecule has 7 nitrogen and oxygen atoms in total. The summed E-state index contributed by atoms with van der Waals surface area (Å²) in [6.07, 6.45) is -1.24. The van der Waals surface area contributed by atoms with Gasteiger partial charge in [0.2, 0.25) is 0 Å². The van der Waals surface area contributed by atoms with E-state index in [2.05, 4.69) is 10.6 Å². The van der Waals surface area contributed by atoms with Crippen molar-refractivity contribution in [2.75, 3.05) is 6.54 Å². The van der Waals surface area contributed by atoms with Crippen molar-refractivity contribution in [3.05, 3.63) is 0 Å². The number of rotatable bonds is 4. The highest BCUT2D eigenvalue weighted by Gasteiger charge is 2.40. The molecular formula is C15H28N2O5. The molecule has 1 amide bonds. The second-order valence-corrected chi connectivity index (χ2v) is 6.71. The van der Waals surface area contributed by atoms with Gasteiger partial charge >= 0.3 is 12.1 Å². The molecule has 0 radical (unpaired) electrons. The molecule has 0 aromatic heterocycles. The maximum Gasteiger partial charge on any atom is 0.408 e. The number of alkyl carbamates (subject to hydrolysis) is 1. The molecule has 0 spiro atoms. The first kappa shape index (κ1) is 18.7. The number of aliphatic hydroxyl groups excluding tert-OH is 1. The zero-order valence-corrected chi connectivity index (χ0v) is 14.0. The number of hydrogen-bond donors (Lipinski definition) is 3. The topological polar surface area (TPSA) is 96.9 Å². The van der Waals surface area contributed by atoms with Gasteiger partial charge in [0.05, 0.1) is 0 Å². The number of piperidine rings is 1. The first-order chi connectivity index (χ1) is 10.1. The maximum atomic E-state index is 11.9. The van der Waals surface area contributed by atoms with Gasteiger partial charge in [-0.1, -0.05) is 13.8 Å². The lowest BCUT2D eigenvalue weighted by atomic mass is 9.92. The van der Waals surface area contributed by atoms with Crippen LogP contribution < -0.4 is 10.6 Å². The molecule has 2 unspecified atom stereocenters. The van der Waals surface area contributed by atoms with Crippen LogP contribution in [0.3, 0.4) is 0 Å². The maximum absolute atomic E-state index is 11.9. The fourth-order valence-electron chi connectivity index (χ4n) is 2.29. The highest BCUT2D eigenvalue weighted by molar-refractivity contribution is 5.70. The predicted molar refractivity (Wildman–Crippen MR) is 81.1 cm³/mol. The Morgan fingerprint density at radius 3 is 2.55 bits per heavy atom. The molecule has 128 valence electrons. The average molecular weight is 316 g/mol. The molecule has 1 saturated heterocycles. The third kappa shape index (κ3) is 5.81. The summed E-state index contributed by atoms with van der Waals surface area (Å²) >= 11 is 0. The Balaban J connectivity index is 2.75. The van der Waals surface area contributed by atoms with Crippen molar-refractivity contribution in [3.8, 4) is 0 Å². The summed E-state index contributed by atoms with van der Waals surface area (Å²) in [6.45, 7) is 9.54. The van der Waals surface area contributed by atoms with Crippen LogP contribution in [-0.2, 0) is 14.3 Å². The monoisotopic (exact) mass is 316 g/mol. The number of nitrogens with one attached hydrogen (secondary N) is 2. The Hall–Kier alpha value is -1.34. The number of ether oxygens (including phenoxy) is 2. The zero-order valence-electron chi connectivity index (χ0n) is 14.0. The second-order valence-electron chi connectivity index (χ2n) is 6.71. The van der Waals surface area contributed by atoms with Crippen molar-refractivity contribution in [1.29, 1.82) is 0 Å². The largest absolute Gasteiger partial charge is 0.460 e. The Morgan fingerprint density at radius 1 is 1.36 bits per heavy atom. The zero-order chi connectivity index (χ0) is 16.9. The van der Waals surface area contributed by atoms with E-state index in [1.54, 1.807) is 20.8 Å². The lowest BCUT2D eigenvalue weighted by Gasteiger charge is -2.40. The Bertz CT molecular complexity index is 394. The highest BCUT2D eigenvalue weighted by atomic mass is 16.6. The number of esters is 1. The van der Waals surface area contributed by atoms with Crippen LogP contribution in [0.1, 0.15) is 47.5 Å². The fraction of sp³-hybridized carbons (Fsp3) is 0.867. The van der Waals surface area contributed by atoms with Gasteiger partial charge in [-0.05, 0) is 27.2 Å². The first-order valence-corrected chi connectivity index (χ1v) is 7.74. The van der Waals surface area contributed by atoms with E-state index in [0.29, 0.717) is 19.4 Å². The summed E-state index contributed by atoms with van der Waals surface area (Å²) in [5.41, 5.74) is -0.642. The van der Waals surface area contributed by atoms with Crippen molar-refractivity contribution in [2.45, 2.75) is 71.4 Å². The third-order valence-corrected chi connectivity index (χ3v) is 3.31. The summed E-state index contributed by atoms with van der Waals surface area (Å²) in [7, 11) is 0. The van der Waals surface area contributed by atoms with Crippen molar-refractivity contribution in [1.82, 2.24) is 10.6 Å². The van der Waals surface area contributed by atoms with Crippen LogP contribution in [0.4, 0.5) is 4.79 Å². The number of amides is 1. The van der Waals surface area contributed by atoms with Gasteiger partial charge < -0.3 is 19.9 Å². The molecule has 0 aliphatic carbocycles. The number of carbonyl (C=O) groups excluding carboxylic acids is 2. The molecule has 1 fully saturated rings. The lowest BCUT2D eigenvalue weighted by molar-refractivity contribution is -0.159. The van der Waals surface area contributed by atoms with Crippen LogP contribution >= 0.6 is 0 Å². The van der Waals surface area contributed by atoms with Gasteiger partial charge in [-0.15, -0.1) is 0 Å². The Kier molecular flexibility index (Phi) is 6.62. The van der Waals surface area contributed by atoms with E-state index in [0.717, 1.165) is 0 Å². The van der Waals surface area contributed by atoms with Gasteiger partial charge in [-0.2, -0.15) is 0 Å². The first-order valence-electron chi connectivity index (χ1n) is 7.74. The van der Waals surface area contributed by atoms with Crippen molar-refractivity contribution in [2.24, 2.45) is 5.92 Å². The van der Waals surface area contributed by atoms with E-state index in [-0.39, 0.29) is 11.9 Å². The van der Waals surface area contributed by atoms with E-state index in [9.17, 15) is 14.7 Å². The van der Waals surface area contributed by atoms with E-state index in [4.69, 9.17) is 9.47 Å². The molecule has 7 heteroatoms. The number of carbonyl (C=O) groups is 2. The predicted octanol–water partition coefficient (Wildman–Crippen LogP) is 1.15. The normalized spacial score (nSPS) is 28.8. The number of hydrogen-bond acceptors (Lipinski definition) is 6. The van der Waals surface area contributed by atoms with Gasteiger partial charge in [0, 0.05) is 18.9 Å². The SMILES string of the molecule is CCCC(=O)OC1[C@H](NC(=O)OC(C)(C)C)C(O)NC[C@@H]1C. The molecule has 0 aromatic carbocycles. The minimum Gasteiger partial charge on any atom is -0.460 e. The Morgan fingerprint density at radius 2 is 2.00 bits per heavy atom. The van der Waals surface area contributed by atoms with Crippen molar-refractivity contribution < 1.29 is 24.2 Å². The highest BCUT2D eigenvalue weighted by Crippen LogP contribution is 2.20. The molecule has 1 heterocycles. The minimum absolute atomic E-state index is 0.0378. The summed E-state index contributed by atoms with van der Waals surface area (Å²) in [5.74, 6) is -0.367.